The first-order chi connectivity index (χ1) is 11.6. The van der Waals surface area contributed by atoms with Gasteiger partial charge in [-0.25, -0.2) is 9.97 Å². The molecule has 0 radical (unpaired) electrons. The zero-order valence-electron chi connectivity index (χ0n) is 14.8. The number of carbonyl (C=O) groups excluding carboxylic acids is 1. The first-order valence-corrected chi connectivity index (χ1v) is 8.26. The Kier molecular flexibility index (Phi) is 6.29. The molecule has 0 spiro atoms. The monoisotopic (exact) mass is 327 g/mol. The fraction of sp³-hybridized carbons (Fsp3) is 0.421. The lowest BCUT2D eigenvalue weighted by Gasteiger charge is -2.26. The summed E-state index contributed by atoms with van der Waals surface area (Å²) in [6.45, 7) is 4.11. The maximum atomic E-state index is 12.8. The lowest BCUT2D eigenvalue weighted by Crippen LogP contribution is -2.37. The molecule has 0 aliphatic rings. The van der Waals surface area contributed by atoms with E-state index in [9.17, 15) is 4.79 Å². The molecule has 1 aromatic carbocycles. The lowest BCUT2D eigenvalue weighted by atomic mass is 10.0. The van der Waals surface area contributed by atoms with Gasteiger partial charge in [0.05, 0.1) is 18.4 Å². The number of ether oxygens (including phenoxy) is 1. The van der Waals surface area contributed by atoms with Gasteiger partial charge in [-0.2, -0.15) is 0 Å². The maximum Gasteiger partial charge on any atom is 0.257 e. The van der Waals surface area contributed by atoms with E-state index < -0.39 is 0 Å². The van der Waals surface area contributed by atoms with E-state index in [-0.39, 0.29) is 11.9 Å². The van der Waals surface area contributed by atoms with Crippen LogP contribution >= 0.6 is 0 Å². The van der Waals surface area contributed by atoms with Gasteiger partial charge < -0.3 is 9.64 Å². The third-order valence-corrected chi connectivity index (χ3v) is 4.20. The Bertz CT molecular complexity index is 688. The Morgan fingerprint density at radius 1 is 1.33 bits per heavy atom. The molecule has 0 N–H and O–H groups in total. The highest BCUT2D eigenvalue weighted by Gasteiger charge is 2.21. The second kappa shape index (κ2) is 8.43. The molecule has 0 saturated heterocycles. The Labute approximate surface area is 143 Å². The Balaban J connectivity index is 2.15. The van der Waals surface area contributed by atoms with E-state index >= 15 is 0 Å². The maximum absolute atomic E-state index is 12.8. The Morgan fingerprint density at radius 2 is 2.08 bits per heavy atom. The van der Waals surface area contributed by atoms with Crippen molar-refractivity contribution < 1.29 is 9.53 Å². The smallest absolute Gasteiger partial charge is 0.257 e. The van der Waals surface area contributed by atoms with E-state index in [0.717, 1.165) is 36.3 Å². The molecule has 1 heterocycles. The van der Waals surface area contributed by atoms with E-state index in [1.54, 1.807) is 18.2 Å². The topological polar surface area (TPSA) is 55.3 Å². The highest BCUT2D eigenvalue weighted by molar-refractivity contribution is 5.95. The van der Waals surface area contributed by atoms with Crippen LogP contribution in [0.2, 0.25) is 0 Å². The number of rotatable bonds is 7. The second-order valence-electron chi connectivity index (χ2n) is 5.91. The van der Waals surface area contributed by atoms with Gasteiger partial charge in [0, 0.05) is 19.3 Å². The first-order valence-electron chi connectivity index (χ1n) is 8.26. The van der Waals surface area contributed by atoms with Gasteiger partial charge in [-0.05, 0) is 31.4 Å². The van der Waals surface area contributed by atoms with Gasteiger partial charge in [0.1, 0.15) is 12.1 Å². The second-order valence-corrected chi connectivity index (χ2v) is 5.91. The average Bonchev–Trinajstić information content (AvgIpc) is 2.61. The van der Waals surface area contributed by atoms with Gasteiger partial charge in [-0.1, -0.05) is 31.5 Å². The van der Waals surface area contributed by atoms with E-state index in [0.29, 0.717) is 5.56 Å². The fourth-order valence-electron chi connectivity index (χ4n) is 2.69. The molecule has 0 unspecified atom stereocenters. The molecule has 5 nitrogen and oxygen atoms in total. The van der Waals surface area contributed by atoms with Gasteiger partial charge in [-0.15, -0.1) is 0 Å². The number of methoxy groups -OCH3 is 1. The molecule has 1 atom stereocenters. The van der Waals surface area contributed by atoms with Crippen molar-refractivity contribution in [2.75, 3.05) is 14.2 Å². The van der Waals surface area contributed by atoms with Crippen LogP contribution in [0.4, 0.5) is 0 Å². The number of benzene rings is 1. The van der Waals surface area contributed by atoms with Crippen LogP contribution in [0.5, 0.6) is 5.75 Å². The standard InChI is InChI=1S/C19H25N3O2/c1-5-8-17-16(12-20-13-21-17)19(23)22(3)14(2)11-15-9-6-7-10-18(15)24-4/h6-7,9-10,12-14H,5,8,11H2,1-4H3/t14-/m0/s1. The SMILES string of the molecule is CCCc1ncncc1C(=O)N(C)[C@@H](C)Cc1ccccc1OC. The predicted molar refractivity (Wildman–Crippen MR) is 94.3 cm³/mol. The Hall–Kier alpha value is -2.43. The van der Waals surface area contributed by atoms with E-state index in [2.05, 4.69) is 16.9 Å². The van der Waals surface area contributed by atoms with Crippen LogP contribution in [0.3, 0.4) is 0 Å². The first kappa shape index (κ1) is 17.9. The van der Waals surface area contributed by atoms with E-state index in [4.69, 9.17) is 4.74 Å². The van der Waals surface area contributed by atoms with Crippen LogP contribution in [0.15, 0.2) is 36.8 Å². The molecule has 0 bridgehead atoms. The number of hydrogen-bond acceptors (Lipinski definition) is 4. The zero-order valence-corrected chi connectivity index (χ0v) is 14.8. The minimum Gasteiger partial charge on any atom is -0.496 e. The molecule has 2 rings (SSSR count). The molecule has 0 aliphatic heterocycles. The van der Waals surface area contributed by atoms with Gasteiger partial charge in [-0.3, -0.25) is 4.79 Å². The Morgan fingerprint density at radius 3 is 2.79 bits per heavy atom. The molecule has 5 heteroatoms. The molecule has 128 valence electrons. The third-order valence-electron chi connectivity index (χ3n) is 4.20. The van der Waals surface area contributed by atoms with Crippen molar-refractivity contribution >= 4 is 5.91 Å². The molecule has 0 fully saturated rings. The summed E-state index contributed by atoms with van der Waals surface area (Å²) in [5.41, 5.74) is 2.49. The number of para-hydroxylation sites is 1. The number of aromatic nitrogens is 2. The van der Waals surface area contributed by atoms with Gasteiger partial charge in [0.25, 0.3) is 5.91 Å². The van der Waals surface area contributed by atoms with Gasteiger partial charge in [0.15, 0.2) is 0 Å². The van der Waals surface area contributed by atoms with Crippen LogP contribution in [0.1, 0.15) is 41.9 Å². The van der Waals surface area contributed by atoms with Crippen molar-refractivity contribution in [1.29, 1.82) is 0 Å². The lowest BCUT2D eigenvalue weighted by molar-refractivity contribution is 0.0741. The van der Waals surface area contributed by atoms with Crippen molar-refractivity contribution in [2.24, 2.45) is 0 Å². The summed E-state index contributed by atoms with van der Waals surface area (Å²) in [5.74, 6) is 0.807. The summed E-state index contributed by atoms with van der Waals surface area (Å²) in [7, 11) is 3.49. The number of aryl methyl sites for hydroxylation is 1. The summed E-state index contributed by atoms with van der Waals surface area (Å²) < 4.78 is 5.40. The molecule has 1 aromatic heterocycles. The van der Waals surface area contributed by atoms with Crippen LogP contribution in [0, 0.1) is 0 Å². The van der Waals surface area contributed by atoms with Gasteiger partial charge >= 0.3 is 0 Å². The molecular formula is C19H25N3O2. The number of hydrogen-bond donors (Lipinski definition) is 0. The quantitative estimate of drug-likeness (QED) is 0.784. The van der Waals surface area contributed by atoms with Crippen LogP contribution in [-0.2, 0) is 12.8 Å². The van der Waals surface area contributed by atoms with E-state index in [1.807, 2.05) is 38.2 Å². The van der Waals surface area contributed by atoms with Crippen LogP contribution in [0.25, 0.3) is 0 Å². The zero-order chi connectivity index (χ0) is 17.5. The number of likely N-dealkylation sites (N-methyl/N-ethyl adjacent to an activating group) is 1. The fourth-order valence-corrected chi connectivity index (χ4v) is 2.69. The number of carbonyl (C=O) groups is 1. The molecule has 0 saturated carbocycles. The molecule has 24 heavy (non-hydrogen) atoms. The van der Waals surface area contributed by atoms with Crippen molar-refractivity contribution in [3.8, 4) is 5.75 Å². The number of amides is 1. The van der Waals surface area contributed by atoms with Crippen molar-refractivity contribution in [1.82, 2.24) is 14.9 Å². The number of nitrogens with zero attached hydrogens (tertiary/aromatic N) is 3. The summed E-state index contributed by atoms with van der Waals surface area (Å²) in [4.78, 5) is 22.9. The minimum absolute atomic E-state index is 0.0310. The third kappa shape index (κ3) is 4.10. The largest absolute Gasteiger partial charge is 0.496 e. The van der Waals surface area contributed by atoms with Crippen molar-refractivity contribution in [2.45, 2.75) is 39.2 Å². The highest BCUT2D eigenvalue weighted by Crippen LogP contribution is 2.21. The normalized spacial score (nSPS) is 11.8. The summed E-state index contributed by atoms with van der Waals surface area (Å²) in [6.07, 6.45) is 5.56. The van der Waals surface area contributed by atoms with E-state index in [1.165, 1.54) is 6.33 Å². The van der Waals surface area contributed by atoms with Crippen LogP contribution < -0.4 is 4.74 Å². The molecular weight excluding hydrogens is 302 g/mol. The summed E-state index contributed by atoms with van der Waals surface area (Å²) in [6, 6.07) is 7.93. The molecule has 1 amide bonds. The van der Waals surface area contributed by atoms with Crippen molar-refractivity contribution in [3.05, 3.63) is 53.6 Å². The minimum atomic E-state index is -0.0403. The molecule has 0 aliphatic carbocycles. The van der Waals surface area contributed by atoms with Crippen molar-refractivity contribution in [3.63, 3.8) is 0 Å². The predicted octanol–water partition coefficient (Wildman–Crippen LogP) is 3.14. The average molecular weight is 327 g/mol. The van der Waals surface area contributed by atoms with Crippen LogP contribution in [-0.4, -0.2) is 41.0 Å². The van der Waals surface area contributed by atoms with Gasteiger partial charge in [0.2, 0.25) is 0 Å². The molecule has 2 aromatic rings. The summed E-state index contributed by atoms with van der Waals surface area (Å²) in [5, 5.41) is 0. The summed E-state index contributed by atoms with van der Waals surface area (Å²) >= 11 is 0. The highest BCUT2D eigenvalue weighted by atomic mass is 16.5.